The molecule has 9 aromatic carbocycles. The van der Waals surface area contributed by atoms with Gasteiger partial charge in [-0.15, -0.1) is 0 Å². The van der Waals surface area contributed by atoms with Crippen molar-refractivity contribution in [2.24, 2.45) is 0 Å². The lowest BCUT2D eigenvalue weighted by atomic mass is 9.79. The molecule has 2 aliphatic rings. The van der Waals surface area contributed by atoms with Crippen LogP contribution in [0.5, 0.6) is 0 Å². The molecule has 0 fully saturated rings. The molecule has 0 N–H and O–H groups in total. The number of para-hydroxylation sites is 1. The summed E-state index contributed by atoms with van der Waals surface area (Å²) in [5, 5.41) is 2.54. The van der Waals surface area contributed by atoms with Crippen LogP contribution in [0.4, 0.5) is 17.1 Å². The van der Waals surface area contributed by atoms with E-state index in [0.717, 1.165) is 11.4 Å². The molecule has 11 rings (SSSR count). The first-order chi connectivity index (χ1) is 28.8. The number of nitrogens with zero attached hydrogens (tertiary/aromatic N) is 1. The summed E-state index contributed by atoms with van der Waals surface area (Å²) in [6, 6.07) is 74.3. The van der Waals surface area contributed by atoms with Gasteiger partial charge in [-0.2, -0.15) is 0 Å². The van der Waals surface area contributed by atoms with E-state index in [9.17, 15) is 0 Å². The van der Waals surface area contributed by atoms with Crippen LogP contribution in [-0.2, 0) is 10.8 Å². The summed E-state index contributed by atoms with van der Waals surface area (Å²) in [5.74, 6) is 0. The fourth-order valence-corrected chi connectivity index (χ4v) is 10.3. The first-order valence-electron chi connectivity index (χ1n) is 20.8. The number of fused-ring (bicyclic) bond motifs is 8. The molecular weight excluding hydrogens is 711 g/mol. The van der Waals surface area contributed by atoms with Crippen molar-refractivity contribution in [1.82, 2.24) is 0 Å². The van der Waals surface area contributed by atoms with Crippen molar-refractivity contribution in [2.45, 2.75) is 38.5 Å². The van der Waals surface area contributed by atoms with Gasteiger partial charge in [0.25, 0.3) is 0 Å². The van der Waals surface area contributed by atoms with E-state index in [0.29, 0.717) is 0 Å². The number of hydrogen-bond donors (Lipinski definition) is 0. The molecular formula is C58H45N. The maximum Gasteiger partial charge on any atom is 0.0546 e. The molecule has 0 heterocycles. The molecule has 0 aromatic heterocycles. The van der Waals surface area contributed by atoms with Gasteiger partial charge in [0, 0.05) is 27.5 Å². The maximum absolute atomic E-state index is 2.55. The van der Waals surface area contributed by atoms with E-state index < -0.39 is 0 Å². The summed E-state index contributed by atoms with van der Waals surface area (Å²) in [5.41, 5.74) is 21.2. The Labute approximate surface area is 347 Å². The molecule has 0 spiro atoms. The van der Waals surface area contributed by atoms with Crippen molar-refractivity contribution in [2.75, 3.05) is 4.90 Å². The SMILES string of the molecule is CC1(C)c2ccccc2-c2ccc(N(c3ccccc3-c3ccc(-c4ccccc4)cc3)c3cc4c(c5ccccc35)C(C)(C)c3cc(-c5ccccc5)ccc3-4)cc21. The van der Waals surface area contributed by atoms with Crippen LogP contribution in [-0.4, -0.2) is 0 Å². The third-order valence-electron chi connectivity index (χ3n) is 13.3. The van der Waals surface area contributed by atoms with E-state index in [2.05, 4.69) is 233 Å². The molecule has 2 aliphatic carbocycles. The van der Waals surface area contributed by atoms with E-state index in [1.54, 1.807) is 0 Å². The third-order valence-corrected chi connectivity index (χ3v) is 13.3. The highest BCUT2D eigenvalue weighted by Gasteiger charge is 2.39. The molecule has 282 valence electrons. The van der Waals surface area contributed by atoms with Crippen molar-refractivity contribution in [3.8, 4) is 55.6 Å². The van der Waals surface area contributed by atoms with Gasteiger partial charge in [-0.05, 0) is 108 Å². The molecule has 0 bridgehead atoms. The molecule has 0 atom stereocenters. The Bertz CT molecular complexity index is 3080. The zero-order valence-corrected chi connectivity index (χ0v) is 34.0. The quantitative estimate of drug-likeness (QED) is 0.163. The first kappa shape index (κ1) is 35.2. The molecule has 0 saturated carbocycles. The number of rotatable bonds is 6. The van der Waals surface area contributed by atoms with Gasteiger partial charge in [-0.1, -0.05) is 198 Å². The molecule has 0 radical (unpaired) electrons. The smallest absolute Gasteiger partial charge is 0.0546 e. The highest BCUT2D eigenvalue weighted by Crippen LogP contribution is 2.57. The fraction of sp³-hybridized carbons (Fsp3) is 0.103. The van der Waals surface area contributed by atoms with Crippen LogP contribution in [0.2, 0.25) is 0 Å². The zero-order chi connectivity index (χ0) is 39.9. The van der Waals surface area contributed by atoms with Gasteiger partial charge in [-0.25, -0.2) is 0 Å². The predicted molar refractivity (Wildman–Crippen MR) is 250 cm³/mol. The van der Waals surface area contributed by atoms with Crippen LogP contribution in [0.25, 0.3) is 66.4 Å². The highest BCUT2D eigenvalue weighted by atomic mass is 15.1. The second-order valence-corrected chi connectivity index (χ2v) is 17.3. The summed E-state index contributed by atoms with van der Waals surface area (Å²) in [6.45, 7) is 9.57. The Kier molecular flexibility index (Phi) is 7.94. The Morgan fingerprint density at radius 2 is 0.814 bits per heavy atom. The summed E-state index contributed by atoms with van der Waals surface area (Å²) < 4.78 is 0. The van der Waals surface area contributed by atoms with Gasteiger partial charge in [0.2, 0.25) is 0 Å². The second-order valence-electron chi connectivity index (χ2n) is 17.3. The van der Waals surface area contributed by atoms with Gasteiger partial charge < -0.3 is 4.90 Å². The van der Waals surface area contributed by atoms with Crippen molar-refractivity contribution < 1.29 is 0 Å². The van der Waals surface area contributed by atoms with E-state index in [1.165, 1.54) is 94.3 Å². The molecule has 1 heteroatoms. The highest BCUT2D eigenvalue weighted by molar-refractivity contribution is 6.08. The average Bonchev–Trinajstić information content (AvgIpc) is 3.66. The van der Waals surface area contributed by atoms with E-state index in [-0.39, 0.29) is 10.8 Å². The lowest BCUT2D eigenvalue weighted by Crippen LogP contribution is -2.18. The summed E-state index contributed by atoms with van der Waals surface area (Å²) in [4.78, 5) is 2.55. The lowest BCUT2D eigenvalue weighted by molar-refractivity contribution is 0.660. The molecule has 0 saturated heterocycles. The monoisotopic (exact) mass is 755 g/mol. The van der Waals surface area contributed by atoms with E-state index in [1.807, 2.05) is 0 Å². The van der Waals surface area contributed by atoms with Crippen LogP contribution < -0.4 is 4.90 Å². The van der Waals surface area contributed by atoms with Crippen molar-refractivity contribution in [3.05, 3.63) is 222 Å². The van der Waals surface area contributed by atoms with Crippen molar-refractivity contribution in [3.63, 3.8) is 0 Å². The lowest BCUT2D eigenvalue weighted by Gasteiger charge is -2.32. The maximum atomic E-state index is 2.55. The predicted octanol–water partition coefficient (Wildman–Crippen LogP) is 15.9. The summed E-state index contributed by atoms with van der Waals surface area (Å²) >= 11 is 0. The van der Waals surface area contributed by atoms with Gasteiger partial charge >= 0.3 is 0 Å². The van der Waals surface area contributed by atoms with E-state index >= 15 is 0 Å². The topological polar surface area (TPSA) is 3.24 Å². The Hall–Kier alpha value is -6.96. The Morgan fingerprint density at radius 3 is 1.56 bits per heavy atom. The van der Waals surface area contributed by atoms with Gasteiger partial charge in [0.15, 0.2) is 0 Å². The summed E-state index contributed by atoms with van der Waals surface area (Å²) in [6.07, 6.45) is 0. The van der Waals surface area contributed by atoms with Crippen LogP contribution in [0.1, 0.15) is 49.9 Å². The van der Waals surface area contributed by atoms with Gasteiger partial charge in [0.1, 0.15) is 0 Å². The van der Waals surface area contributed by atoms with Crippen LogP contribution in [0, 0.1) is 0 Å². The molecule has 0 aliphatic heterocycles. The van der Waals surface area contributed by atoms with Crippen molar-refractivity contribution in [1.29, 1.82) is 0 Å². The summed E-state index contributed by atoms with van der Waals surface area (Å²) in [7, 11) is 0. The largest absolute Gasteiger partial charge is 0.309 e. The molecule has 9 aromatic rings. The number of benzene rings is 9. The minimum Gasteiger partial charge on any atom is -0.309 e. The second kappa shape index (κ2) is 13.3. The van der Waals surface area contributed by atoms with Crippen LogP contribution >= 0.6 is 0 Å². The zero-order valence-electron chi connectivity index (χ0n) is 34.0. The van der Waals surface area contributed by atoms with Crippen LogP contribution in [0.3, 0.4) is 0 Å². The minimum absolute atomic E-state index is 0.139. The average molecular weight is 756 g/mol. The number of anilines is 3. The van der Waals surface area contributed by atoms with Gasteiger partial charge in [-0.3, -0.25) is 0 Å². The molecule has 1 nitrogen and oxygen atoms in total. The standard InChI is InChI=1S/C58H45N/c1-57(2)51-25-15-13-22-45(51)46-34-32-43(36-53(46)57)59(54-26-16-14-21-44(54)41-29-27-40(28-30-41)38-17-7-5-8-18-38)55-37-50-47-33-31-42(39-19-9-6-10-20-39)35-52(47)58(3,4)56(50)49-24-12-11-23-48(49)55/h5-37H,1-4H3. The third kappa shape index (κ3) is 5.45. The fourth-order valence-electron chi connectivity index (χ4n) is 10.3. The van der Waals surface area contributed by atoms with Gasteiger partial charge in [0.05, 0.1) is 11.4 Å². The molecule has 0 unspecified atom stereocenters. The van der Waals surface area contributed by atoms with Crippen molar-refractivity contribution >= 4 is 27.8 Å². The Morgan fingerprint density at radius 1 is 0.305 bits per heavy atom. The van der Waals surface area contributed by atoms with Crippen LogP contribution in [0.15, 0.2) is 200 Å². The van der Waals surface area contributed by atoms with E-state index in [4.69, 9.17) is 0 Å². The molecule has 59 heavy (non-hydrogen) atoms. The first-order valence-corrected chi connectivity index (χ1v) is 20.8. The molecule has 0 amide bonds. The number of hydrogen-bond acceptors (Lipinski definition) is 1. The normalized spacial score (nSPS) is 14.0. The Balaban J connectivity index is 1.16. The minimum atomic E-state index is -0.194.